The number of fused-ring (bicyclic) bond motifs is 1. The monoisotopic (exact) mass is 269 g/mol. The molecule has 0 saturated carbocycles. The molecule has 5 heteroatoms. The van der Waals surface area contributed by atoms with E-state index in [-0.39, 0.29) is 11.6 Å². The molecule has 3 rings (SSSR count). The number of nitrogens with zero attached hydrogens (tertiary/aromatic N) is 1. The summed E-state index contributed by atoms with van der Waals surface area (Å²) in [6, 6.07) is 11.7. The molecular weight excluding hydrogens is 258 g/mol. The van der Waals surface area contributed by atoms with Crippen molar-refractivity contribution in [1.29, 1.82) is 0 Å². The minimum absolute atomic E-state index is 0.0682. The number of ether oxygens (including phenoxy) is 1. The molecule has 0 aliphatic heterocycles. The third kappa shape index (κ3) is 1.89. The summed E-state index contributed by atoms with van der Waals surface area (Å²) in [6.07, 6.45) is 0. The highest BCUT2D eigenvalue weighted by Gasteiger charge is 2.17. The summed E-state index contributed by atoms with van der Waals surface area (Å²) in [4.78, 5) is 16.0. The van der Waals surface area contributed by atoms with Crippen molar-refractivity contribution in [3.63, 3.8) is 0 Å². The van der Waals surface area contributed by atoms with Crippen LogP contribution in [-0.2, 0) is 4.74 Å². The SMILES string of the molecule is COC(=O)c1cccc2oc(-c3ccccc3O)nc12. The average molecular weight is 269 g/mol. The molecule has 1 N–H and O–H groups in total. The van der Waals surface area contributed by atoms with E-state index in [1.807, 2.05) is 0 Å². The van der Waals surface area contributed by atoms with Crippen molar-refractivity contribution < 1.29 is 19.1 Å². The first-order chi connectivity index (χ1) is 9.70. The van der Waals surface area contributed by atoms with E-state index < -0.39 is 5.97 Å². The molecule has 0 radical (unpaired) electrons. The zero-order valence-corrected chi connectivity index (χ0v) is 10.7. The van der Waals surface area contributed by atoms with Gasteiger partial charge < -0.3 is 14.3 Å². The van der Waals surface area contributed by atoms with Gasteiger partial charge in [-0.25, -0.2) is 9.78 Å². The quantitative estimate of drug-likeness (QED) is 0.724. The molecular formula is C15H11NO4. The molecule has 0 spiro atoms. The van der Waals surface area contributed by atoms with Crippen LogP contribution in [-0.4, -0.2) is 23.2 Å². The fourth-order valence-corrected chi connectivity index (χ4v) is 1.99. The molecule has 0 fully saturated rings. The van der Waals surface area contributed by atoms with Crippen LogP contribution < -0.4 is 0 Å². The van der Waals surface area contributed by atoms with Crippen molar-refractivity contribution >= 4 is 17.1 Å². The lowest BCUT2D eigenvalue weighted by atomic mass is 10.2. The first kappa shape index (κ1) is 12.2. The number of hydrogen-bond donors (Lipinski definition) is 1. The molecule has 100 valence electrons. The maximum absolute atomic E-state index is 11.7. The molecule has 1 aromatic heterocycles. The number of oxazole rings is 1. The van der Waals surface area contributed by atoms with Gasteiger partial charge in [-0.05, 0) is 24.3 Å². The molecule has 5 nitrogen and oxygen atoms in total. The van der Waals surface area contributed by atoms with Gasteiger partial charge in [0, 0.05) is 0 Å². The number of phenols is 1. The first-order valence-corrected chi connectivity index (χ1v) is 5.97. The molecule has 0 aliphatic rings. The molecule has 3 aromatic rings. The minimum Gasteiger partial charge on any atom is -0.507 e. The second-order valence-electron chi connectivity index (χ2n) is 4.18. The smallest absolute Gasteiger partial charge is 0.340 e. The van der Waals surface area contributed by atoms with Crippen LogP contribution in [0.15, 0.2) is 46.9 Å². The zero-order valence-electron chi connectivity index (χ0n) is 10.7. The second kappa shape index (κ2) is 4.70. The van der Waals surface area contributed by atoms with Crippen LogP contribution in [0.5, 0.6) is 5.75 Å². The molecule has 0 bridgehead atoms. The summed E-state index contributed by atoms with van der Waals surface area (Å²) in [5.74, 6) is -0.152. The Kier molecular flexibility index (Phi) is 2.87. The molecule has 1 heterocycles. The summed E-state index contributed by atoms with van der Waals surface area (Å²) in [7, 11) is 1.31. The Balaban J connectivity index is 2.21. The molecule has 0 amide bonds. The van der Waals surface area contributed by atoms with Gasteiger partial charge in [0.25, 0.3) is 0 Å². The number of carbonyl (C=O) groups is 1. The van der Waals surface area contributed by atoms with Crippen LogP contribution in [0.25, 0.3) is 22.6 Å². The number of phenolic OH excluding ortho intramolecular Hbond substituents is 1. The maximum atomic E-state index is 11.7. The number of aromatic nitrogens is 1. The minimum atomic E-state index is -0.479. The van der Waals surface area contributed by atoms with Gasteiger partial charge in [0.1, 0.15) is 11.3 Å². The Morgan fingerprint density at radius 2 is 2.00 bits per heavy atom. The van der Waals surface area contributed by atoms with Crippen LogP contribution in [0, 0.1) is 0 Å². The van der Waals surface area contributed by atoms with Crippen molar-refractivity contribution in [2.75, 3.05) is 7.11 Å². The Morgan fingerprint density at radius 1 is 1.20 bits per heavy atom. The van der Waals surface area contributed by atoms with Gasteiger partial charge in [0.2, 0.25) is 5.89 Å². The largest absolute Gasteiger partial charge is 0.507 e. The van der Waals surface area contributed by atoms with Crippen LogP contribution >= 0.6 is 0 Å². The van der Waals surface area contributed by atoms with E-state index in [0.717, 1.165) is 0 Å². The lowest BCUT2D eigenvalue weighted by Crippen LogP contribution is -2.01. The predicted molar refractivity (Wildman–Crippen MR) is 72.4 cm³/mol. The molecule has 2 aromatic carbocycles. The van der Waals surface area contributed by atoms with E-state index in [1.165, 1.54) is 7.11 Å². The van der Waals surface area contributed by atoms with E-state index in [9.17, 15) is 9.90 Å². The van der Waals surface area contributed by atoms with E-state index in [1.54, 1.807) is 42.5 Å². The molecule has 20 heavy (non-hydrogen) atoms. The van der Waals surface area contributed by atoms with Gasteiger partial charge in [0.05, 0.1) is 18.2 Å². The van der Waals surface area contributed by atoms with E-state index >= 15 is 0 Å². The number of esters is 1. The third-order valence-corrected chi connectivity index (χ3v) is 2.96. The highest BCUT2D eigenvalue weighted by molar-refractivity contribution is 6.01. The second-order valence-corrected chi connectivity index (χ2v) is 4.18. The lowest BCUT2D eigenvalue weighted by molar-refractivity contribution is 0.0602. The van der Waals surface area contributed by atoms with E-state index in [4.69, 9.17) is 9.15 Å². The van der Waals surface area contributed by atoms with Crippen LogP contribution in [0.1, 0.15) is 10.4 Å². The van der Waals surface area contributed by atoms with Crippen molar-refractivity contribution in [2.24, 2.45) is 0 Å². The van der Waals surface area contributed by atoms with Crippen molar-refractivity contribution in [1.82, 2.24) is 4.98 Å². The summed E-state index contributed by atoms with van der Waals surface area (Å²) < 4.78 is 10.3. The molecule has 0 saturated heterocycles. The normalized spacial score (nSPS) is 10.7. The fourth-order valence-electron chi connectivity index (χ4n) is 1.99. The van der Waals surface area contributed by atoms with Gasteiger partial charge in [-0.3, -0.25) is 0 Å². The number of para-hydroxylation sites is 2. The Hall–Kier alpha value is -2.82. The summed E-state index contributed by atoms with van der Waals surface area (Å²) in [6.45, 7) is 0. The molecule has 0 unspecified atom stereocenters. The van der Waals surface area contributed by atoms with Crippen LogP contribution in [0.4, 0.5) is 0 Å². The highest BCUT2D eigenvalue weighted by Crippen LogP contribution is 2.31. The number of rotatable bonds is 2. The Bertz CT molecular complexity index is 791. The Labute approximate surface area is 114 Å². The average Bonchev–Trinajstić information content (AvgIpc) is 2.90. The lowest BCUT2D eigenvalue weighted by Gasteiger charge is -1.98. The van der Waals surface area contributed by atoms with Crippen molar-refractivity contribution in [3.05, 3.63) is 48.0 Å². The number of aromatic hydroxyl groups is 1. The fraction of sp³-hybridized carbons (Fsp3) is 0.0667. The zero-order chi connectivity index (χ0) is 14.1. The van der Waals surface area contributed by atoms with Gasteiger partial charge in [-0.1, -0.05) is 18.2 Å². The highest BCUT2D eigenvalue weighted by atomic mass is 16.5. The topological polar surface area (TPSA) is 72.6 Å². The van der Waals surface area contributed by atoms with Crippen LogP contribution in [0.2, 0.25) is 0 Å². The third-order valence-electron chi connectivity index (χ3n) is 2.96. The van der Waals surface area contributed by atoms with Gasteiger partial charge >= 0.3 is 5.97 Å². The standard InChI is InChI=1S/C15H11NO4/c1-19-15(18)10-6-4-8-12-13(10)16-14(20-12)9-5-2-3-7-11(9)17/h2-8,17H,1H3. The summed E-state index contributed by atoms with van der Waals surface area (Å²) >= 11 is 0. The number of methoxy groups -OCH3 is 1. The van der Waals surface area contributed by atoms with Crippen molar-refractivity contribution in [3.8, 4) is 17.2 Å². The maximum Gasteiger partial charge on any atom is 0.340 e. The van der Waals surface area contributed by atoms with Gasteiger partial charge in [0.15, 0.2) is 5.58 Å². The van der Waals surface area contributed by atoms with Gasteiger partial charge in [-0.2, -0.15) is 0 Å². The van der Waals surface area contributed by atoms with E-state index in [0.29, 0.717) is 22.2 Å². The van der Waals surface area contributed by atoms with Crippen molar-refractivity contribution in [2.45, 2.75) is 0 Å². The van der Waals surface area contributed by atoms with Gasteiger partial charge in [-0.15, -0.1) is 0 Å². The number of benzene rings is 2. The molecule has 0 aliphatic carbocycles. The van der Waals surface area contributed by atoms with Crippen LogP contribution in [0.3, 0.4) is 0 Å². The first-order valence-electron chi connectivity index (χ1n) is 5.97. The van der Waals surface area contributed by atoms with E-state index in [2.05, 4.69) is 4.98 Å². The predicted octanol–water partition coefficient (Wildman–Crippen LogP) is 2.99. The number of hydrogen-bond acceptors (Lipinski definition) is 5. The molecule has 0 atom stereocenters. The summed E-state index contributed by atoms with van der Waals surface area (Å²) in [5, 5.41) is 9.82. The number of carbonyl (C=O) groups excluding carboxylic acids is 1. The summed E-state index contributed by atoms with van der Waals surface area (Å²) in [5.41, 5.74) is 1.68. The Morgan fingerprint density at radius 3 is 2.75 bits per heavy atom.